The number of benzene rings is 2. The Morgan fingerprint density at radius 1 is 1.14 bits per heavy atom. The van der Waals surface area contributed by atoms with Gasteiger partial charge in [-0.15, -0.1) is 0 Å². The van der Waals surface area contributed by atoms with Crippen molar-refractivity contribution in [2.45, 2.75) is 56.5 Å². The van der Waals surface area contributed by atoms with E-state index in [1.807, 2.05) is 31.2 Å². The molecule has 0 aromatic heterocycles. The molecule has 2 aromatic rings. The topological polar surface area (TPSA) is 64.6 Å². The molecule has 0 bridgehead atoms. The number of carbonyl (C=O) groups excluding carboxylic acids is 1. The molecule has 0 atom stereocenters. The predicted octanol–water partition coefficient (Wildman–Crippen LogP) is 4.36. The minimum Gasteiger partial charge on any atom is -0.385 e. The number of hydrogen-bond acceptors (Lipinski definition) is 4. The van der Waals surface area contributed by atoms with Crippen molar-refractivity contribution in [2.75, 3.05) is 19.6 Å². The van der Waals surface area contributed by atoms with Crippen molar-refractivity contribution < 1.29 is 23.1 Å². The van der Waals surface area contributed by atoms with Gasteiger partial charge in [0.15, 0.2) is 0 Å². The highest BCUT2D eigenvalue weighted by molar-refractivity contribution is 5.94. The number of amides is 1. The Morgan fingerprint density at radius 3 is 2.43 bits per heavy atom. The summed E-state index contributed by atoms with van der Waals surface area (Å²) in [6.45, 7) is 7.83. The molecule has 5 nitrogen and oxygen atoms in total. The van der Waals surface area contributed by atoms with Crippen LogP contribution in [-0.4, -0.2) is 47.6 Å². The van der Waals surface area contributed by atoms with Gasteiger partial charge in [-0.25, -0.2) is 0 Å². The van der Waals surface area contributed by atoms with Crippen molar-refractivity contribution >= 4 is 5.91 Å². The number of halogens is 3. The van der Waals surface area contributed by atoms with Crippen LogP contribution in [0.1, 0.15) is 52.7 Å². The summed E-state index contributed by atoms with van der Waals surface area (Å²) in [7, 11) is 0. The van der Waals surface area contributed by atoms with Crippen molar-refractivity contribution in [1.82, 2.24) is 15.5 Å². The smallest absolute Gasteiger partial charge is 0.385 e. The van der Waals surface area contributed by atoms with E-state index in [1.54, 1.807) is 0 Å². The largest absolute Gasteiger partial charge is 0.416 e. The number of nitrogens with one attached hydrogen (secondary N) is 2. The fraction of sp³-hybridized carbons (Fsp3) is 0.444. The van der Waals surface area contributed by atoms with Crippen LogP contribution in [0.5, 0.6) is 0 Å². The van der Waals surface area contributed by atoms with Crippen LogP contribution in [0.3, 0.4) is 0 Å². The maximum absolute atomic E-state index is 12.9. The molecule has 2 fully saturated rings. The van der Waals surface area contributed by atoms with E-state index < -0.39 is 23.2 Å². The summed E-state index contributed by atoms with van der Waals surface area (Å²) in [5.41, 5.74) is 1.16. The van der Waals surface area contributed by atoms with Gasteiger partial charge in [-0.1, -0.05) is 42.5 Å². The van der Waals surface area contributed by atoms with Crippen LogP contribution in [0, 0.1) is 6.92 Å². The van der Waals surface area contributed by atoms with Gasteiger partial charge in [0, 0.05) is 30.4 Å². The number of likely N-dealkylation sites (tertiary alicyclic amines) is 1. The van der Waals surface area contributed by atoms with Crippen molar-refractivity contribution in [1.29, 1.82) is 0 Å². The molecule has 0 spiro atoms. The maximum atomic E-state index is 12.9. The Balaban J connectivity index is 1.18. The Bertz CT molecular complexity index is 1050. The number of rotatable bonds is 7. The number of nitrogens with zero attached hydrogens (tertiary/aromatic N) is 1. The zero-order valence-electron chi connectivity index (χ0n) is 19.9. The predicted molar refractivity (Wildman–Crippen MR) is 129 cm³/mol. The van der Waals surface area contributed by atoms with E-state index in [4.69, 9.17) is 0 Å². The zero-order chi connectivity index (χ0) is 25.2. The number of aliphatic hydroxyl groups is 1. The van der Waals surface area contributed by atoms with Crippen LogP contribution in [0.4, 0.5) is 13.2 Å². The normalized spacial score (nSPS) is 23.4. The SMILES string of the molecule is C=C(CNC(=O)c1cccc(C(F)(F)F)c1)NC1CN(C2CCC(O)(c3ccc(C)cc3)CC2)C1. The second-order valence-electron chi connectivity index (χ2n) is 9.79. The van der Waals surface area contributed by atoms with Crippen LogP contribution in [-0.2, 0) is 11.8 Å². The summed E-state index contributed by atoms with van der Waals surface area (Å²) < 4.78 is 38.6. The molecular weight excluding hydrogens is 455 g/mol. The van der Waals surface area contributed by atoms with Gasteiger partial charge >= 0.3 is 6.18 Å². The first kappa shape index (κ1) is 25.3. The zero-order valence-corrected chi connectivity index (χ0v) is 19.9. The lowest BCUT2D eigenvalue weighted by molar-refractivity contribution is -0.137. The average molecular weight is 488 g/mol. The molecule has 1 saturated carbocycles. The Labute approximate surface area is 204 Å². The van der Waals surface area contributed by atoms with Gasteiger partial charge in [-0.05, 0) is 56.4 Å². The molecule has 1 aliphatic carbocycles. The lowest BCUT2D eigenvalue weighted by Gasteiger charge is -2.48. The minimum atomic E-state index is -4.49. The monoisotopic (exact) mass is 487 g/mol. The summed E-state index contributed by atoms with van der Waals surface area (Å²) >= 11 is 0. The summed E-state index contributed by atoms with van der Waals surface area (Å²) in [5, 5.41) is 17.0. The maximum Gasteiger partial charge on any atom is 0.416 e. The third-order valence-electron chi connectivity index (χ3n) is 7.12. The van der Waals surface area contributed by atoms with E-state index in [0.717, 1.165) is 56.5 Å². The Morgan fingerprint density at radius 2 is 1.80 bits per heavy atom. The molecule has 1 amide bonds. The number of alkyl halides is 3. The Kier molecular flexibility index (Phi) is 7.24. The lowest BCUT2D eigenvalue weighted by atomic mass is 9.76. The van der Waals surface area contributed by atoms with Crippen LogP contribution in [0.25, 0.3) is 0 Å². The molecule has 4 rings (SSSR count). The highest BCUT2D eigenvalue weighted by atomic mass is 19.4. The fourth-order valence-electron chi connectivity index (χ4n) is 4.97. The third kappa shape index (κ3) is 6.05. The van der Waals surface area contributed by atoms with Crippen molar-refractivity contribution in [2.24, 2.45) is 0 Å². The molecule has 188 valence electrons. The van der Waals surface area contributed by atoms with Crippen molar-refractivity contribution in [3.05, 3.63) is 83.1 Å². The van der Waals surface area contributed by atoms with Gasteiger partial charge in [0.25, 0.3) is 5.91 Å². The van der Waals surface area contributed by atoms with Crippen LogP contribution < -0.4 is 10.6 Å². The standard InChI is InChI=1S/C27H32F3N3O2/c1-18-6-8-21(9-7-18)26(35)12-10-24(11-13-26)33-16-23(17-33)32-19(2)15-31-25(34)20-4-3-5-22(14-20)27(28,29)30/h3-9,14,23-24,32,35H,2,10-13,15-17H2,1H3,(H,31,34). The molecular formula is C27H32F3N3O2. The van der Waals surface area contributed by atoms with E-state index in [-0.39, 0.29) is 18.2 Å². The van der Waals surface area contributed by atoms with Crippen LogP contribution in [0.2, 0.25) is 0 Å². The van der Waals surface area contributed by atoms with Crippen molar-refractivity contribution in [3.8, 4) is 0 Å². The summed E-state index contributed by atoms with van der Waals surface area (Å²) in [6, 6.07) is 13.1. The van der Waals surface area contributed by atoms with Crippen LogP contribution in [0.15, 0.2) is 60.8 Å². The first-order chi connectivity index (χ1) is 16.5. The second-order valence-corrected chi connectivity index (χ2v) is 9.79. The van der Waals surface area contributed by atoms with Gasteiger partial charge in [0.1, 0.15) is 0 Å². The van der Waals surface area contributed by atoms with Gasteiger partial charge in [0.05, 0.1) is 23.8 Å². The number of hydrogen-bond donors (Lipinski definition) is 3. The Hall–Kier alpha value is -2.84. The van der Waals surface area contributed by atoms with Gasteiger partial charge in [-0.2, -0.15) is 13.2 Å². The third-order valence-corrected chi connectivity index (χ3v) is 7.12. The average Bonchev–Trinajstić information content (AvgIpc) is 2.80. The number of carbonyl (C=O) groups is 1. The molecule has 0 radical (unpaired) electrons. The van der Waals surface area contributed by atoms with E-state index in [9.17, 15) is 23.1 Å². The lowest BCUT2D eigenvalue weighted by Crippen LogP contribution is -2.62. The molecule has 8 heteroatoms. The van der Waals surface area contributed by atoms with E-state index in [1.165, 1.54) is 17.7 Å². The molecule has 2 aromatic carbocycles. The molecule has 2 aliphatic rings. The quantitative estimate of drug-likeness (QED) is 0.543. The summed E-state index contributed by atoms with van der Waals surface area (Å²) in [4.78, 5) is 14.7. The number of aryl methyl sites for hydroxylation is 1. The van der Waals surface area contributed by atoms with E-state index in [0.29, 0.717) is 11.7 Å². The molecule has 0 unspecified atom stereocenters. The first-order valence-corrected chi connectivity index (χ1v) is 12.0. The molecule has 1 saturated heterocycles. The fourth-order valence-corrected chi connectivity index (χ4v) is 4.97. The van der Waals surface area contributed by atoms with Gasteiger partial charge in [0.2, 0.25) is 0 Å². The van der Waals surface area contributed by atoms with E-state index >= 15 is 0 Å². The molecule has 35 heavy (non-hydrogen) atoms. The second kappa shape index (κ2) is 10.0. The molecule has 1 aliphatic heterocycles. The van der Waals surface area contributed by atoms with Gasteiger partial charge in [-0.3, -0.25) is 9.69 Å². The van der Waals surface area contributed by atoms with Crippen LogP contribution >= 0.6 is 0 Å². The minimum absolute atomic E-state index is 0.0367. The van der Waals surface area contributed by atoms with Crippen molar-refractivity contribution in [3.63, 3.8) is 0 Å². The first-order valence-electron chi connectivity index (χ1n) is 12.0. The highest BCUT2D eigenvalue weighted by Gasteiger charge is 2.40. The highest BCUT2D eigenvalue weighted by Crippen LogP contribution is 2.39. The summed E-state index contributed by atoms with van der Waals surface area (Å²) in [5.74, 6) is -0.572. The molecule has 1 heterocycles. The van der Waals surface area contributed by atoms with E-state index in [2.05, 4.69) is 22.1 Å². The molecule has 3 N–H and O–H groups in total. The van der Waals surface area contributed by atoms with Gasteiger partial charge < -0.3 is 15.7 Å². The summed E-state index contributed by atoms with van der Waals surface area (Å²) in [6.07, 6.45) is -1.14.